The van der Waals surface area contributed by atoms with E-state index in [-0.39, 0.29) is 18.8 Å². The number of ketones is 1. The van der Waals surface area contributed by atoms with Crippen molar-refractivity contribution in [3.8, 4) is 0 Å². The zero-order valence-corrected chi connectivity index (χ0v) is 7.97. The maximum atomic E-state index is 11.4. The first kappa shape index (κ1) is 11.0. The van der Waals surface area contributed by atoms with Crippen LogP contribution < -0.4 is 0 Å². The van der Waals surface area contributed by atoms with Crippen molar-refractivity contribution < 1.29 is 14.3 Å². The highest BCUT2D eigenvalue weighted by molar-refractivity contribution is 5.96. The first-order chi connectivity index (χ1) is 7.24. The quantitative estimate of drug-likeness (QED) is 0.606. The van der Waals surface area contributed by atoms with Crippen LogP contribution in [0.3, 0.4) is 0 Å². The van der Waals surface area contributed by atoms with Gasteiger partial charge in [-0.2, -0.15) is 5.53 Å². The van der Waals surface area contributed by atoms with Crippen molar-refractivity contribution in [3.05, 3.63) is 35.9 Å². The minimum absolute atomic E-state index is 0.0467. The van der Waals surface area contributed by atoms with Gasteiger partial charge >= 0.3 is 6.09 Å². The summed E-state index contributed by atoms with van der Waals surface area (Å²) in [6.45, 7) is -0.0467. The van der Waals surface area contributed by atoms with Crippen molar-refractivity contribution in [1.29, 1.82) is 5.53 Å². The summed E-state index contributed by atoms with van der Waals surface area (Å²) < 4.78 is 4.47. The Bertz CT molecular complexity index is 362. The van der Waals surface area contributed by atoms with Crippen LogP contribution in [0.4, 0.5) is 4.79 Å². The zero-order valence-electron chi connectivity index (χ0n) is 7.97. The molecule has 78 valence electrons. The number of hydrogen-bond donors (Lipinski definition) is 1. The van der Waals surface area contributed by atoms with Crippen molar-refractivity contribution in [2.45, 2.75) is 6.42 Å². The molecule has 0 unspecified atom stereocenters. The number of carbonyl (C=O) groups is 2. The molecule has 0 aliphatic carbocycles. The van der Waals surface area contributed by atoms with Gasteiger partial charge in [-0.05, 0) is 0 Å². The van der Waals surface area contributed by atoms with E-state index in [2.05, 4.69) is 9.85 Å². The summed E-state index contributed by atoms with van der Waals surface area (Å²) in [5.41, 5.74) is 6.90. The van der Waals surface area contributed by atoms with Crippen molar-refractivity contribution in [3.63, 3.8) is 0 Å². The number of ether oxygens (including phenoxy) is 1. The van der Waals surface area contributed by atoms with Crippen LogP contribution in [0.2, 0.25) is 0 Å². The number of benzene rings is 1. The second kappa shape index (κ2) is 5.64. The largest absolute Gasteiger partial charge is 0.451 e. The molecule has 0 bridgehead atoms. The number of Topliss-reactive ketones (excluding diaryl/α,β-unsaturated/α-hetero) is 1. The molecule has 0 radical (unpaired) electrons. The SMILES string of the molecule is N=NC(=O)OCCC(=O)c1ccccc1. The van der Waals surface area contributed by atoms with Crippen molar-refractivity contribution in [2.75, 3.05) is 6.61 Å². The first-order valence-corrected chi connectivity index (χ1v) is 4.36. The molecule has 5 heteroatoms. The predicted octanol–water partition coefficient (Wildman–Crippen LogP) is 2.43. The lowest BCUT2D eigenvalue weighted by Gasteiger charge is -2.00. The van der Waals surface area contributed by atoms with Crippen LogP contribution in [0.1, 0.15) is 16.8 Å². The molecule has 0 saturated heterocycles. The lowest BCUT2D eigenvalue weighted by Crippen LogP contribution is -2.06. The maximum absolute atomic E-state index is 11.4. The van der Waals surface area contributed by atoms with Crippen molar-refractivity contribution in [2.24, 2.45) is 5.11 Å². The third kappa shape index (κ3) is 3.68. The average molecular weight is 206 g/mol. The Morgan fingerprint density at radius 1 is 1.27 bits per heavy atom. The molecule has 0 spiro atoms. The summed E-state index contributed by atoms with van der Waals surface area (Å²) in [4.78, 5) is 21.9. The van der Waals surface area contributed by atoms with Crippen LogP contribution in [0.15, 0.2) is 35.4 Å². The molecule has 0 fully saturated rings. The van der Waals surface area contributed by atoms with E-state index in [1.807, 2.05) is 6.07 Å². The fourth-order valence-electron chi connectivity index (χ4n) is 1.03. The Hall–Kier alpha value is -2.04. The maximum Gasteiger partial charge on any atom is 0.451 e. The normalized spacial score (nSPS) is 9.33. The van der Waals surface area contributed by atoms with Gasteiger partial charge in [-0.25, -0.2) is 4.79 Å². The van der Waals surface area contributed by atoms with E-state index in [1.165, 1.54) is 0 Å². The molecular weight excluding hydrogens is 196 g/mol. The lowest BCUT2D eigenvalue weighted by molar-refractivity contribution is 0.0938. The Labute approximate surface area is 86.6 Å². The number of nitrogens with one attached hydrogen (secondary N) is 1. The van der Waals surface area contributed by atoms with Gasteiger partial charge in [0.2, 0.25) is 0 Å². The van der Waals surface area contributed by atoms with Gasteiger partial charge in [0.25, 0.3) is 0 Å². The molecule has 0 aliphatic rings. The second-order valence-electron chi connectivity index (χ2n) is 2.77. The number of carbonyl (C=O) groups excluding carboxylic acids is 2. The molecule has 0 aliphatic heterocycles. The number of hydrogen-bond acceptors (Lipinski definition) is 4. The van der Waals surface area contributed by atoms with E-state index in [1.54, 1.807) is 24.3 Å². The summed E-state index contributed by atoms with van der Waals surface area (Å²) in [5, 5.41) is 2.54. The van der Waals surface area contributed by atoms with E-state index < -0.39 is 6.09 Å². The molecule has 1 rings (SSSR count). The third-order valence-corrected chi connectivity index (χ3v) is 1.74. The predicted molar refractivity (Wildman–Crippen MR) is 51.9 cm³/mol. The summed E-state index contributed by atoms with van der Waals surface area (Å²) in [6.07, 6.45) is -0.874. The van der Waals surface area contributed by atoms with Gasteiger partial charge in [0.1, 0.15) is 6.61 Å². The molecule has 0 aromatic heterocycles. The molecule has 0 heterocycles. The highest BCUT2D eigenvalue weighted by Crippen LogP contribution is 2.03. The van der Waals surface area contributed by atoms with Crippen LogP contribution in [0.25, 0.3) is 0 Å². The summed E-state index contributed by atoms with van der Waals surface area (Å²) in [7, 11) is 0. The fourth-order valence-corrected chi connectivity index (χ4v) is 1.03. The monoisotopic (exact) mass is 206 g/mol. The Morgan fingerprint density at radius 3 is 2.53 bits per heavy atom. The Balaban J connectivity index is 2.37. The van der Waals surface area contributed by atoms with Gasteiger partial charge in [0, 0.05) is 12.0 Å². The molecule has 0 atom stereocenters. The lowest BCUT2D eigenvalue weighted by atomic mass is 10.1. The highest BCUT2D eigenvalue weighted by atomic mass is 16.5. The van der Waals surface area contributed by atoms with Crippen LogP contribution in [-0.2, 0) is 4.74 Å². The average Bonchev–Trinajstić information content (AvgIpc) is 2.29. The van der Waals surface area contributed by atoms with Crippen LogP contribution in [-0.4, -0.2) is 18.5 Å². The summed E-state index contributed by atoms with van der Waals surface area (Å²) in [6, 6.07) is 8.73. The summed E-state index contributed by atoms with van der Waals surface area (Å²) >= 11 is 0. The third-order valence-electron chi connectivity index (χ3n) is 1.74. The van der Waals surface area contributed by atoms with Gasteiger partial charge in [0.15, 0.2) is 5.78 Å². The van der Waals surface area contributed by atoms with Crippen LogP contribution >= 0.6 is 0 Å². The molecular formula is C10H10N2O3. The smallest absolute Gasteiger partial charge is 0.446 e. The molecule has 15 heavy (non-hydrogen) atoms. The Morgan fingerprint density at radius 2 is 1.93 bits per heavy atom. The second-order valence-corrected chi connectivity index (χ2v) is 2.77. The van der Waals surface area contributed by atoms with Gasteiger partial charge < -0.3 is 4.74 Å². The molecule has 1 N–H and O–H groups in total. The van der Waals surface area contributed by atoms with E-state index >= 15 is 0 Å². The van der Waals surface area contributed by atoms with Crippen LogP contribution in [0, 0.1) is 5.53 Å². The van der Waals surface area contributed by atoms with Crippen molar-refractivity contribution >= 4 is 11.9 Å². The Kier molecular flexibility index (Phi) is 4.15. The number of amides is 1. The van der Waals surface area contributed by atoms with E-state index in [0.29, 0.717) is 5.56 Å². The molecule has 5 nitrogen and oxygen atoms in total. The van der Waals surface area contributed by atoms with E-state index in [0.717, 1.165) is 0 Å². The number of nitrogens with zero attached hydrogens (tertiary/aromatic N) is 1. The highest BCUT2D eigenvalue weighted by Gasteiger charge is 2.06. The minimum Gasteiger partial charge on any atom is -0.446 e. The fraction of sp³-hybridized carbons (Fsp3) is 0.200. The van der Waals surface area contributed by atoms with Gasteiger partial charge in [-0.3, -0.25) is 4.79 Å². The number of rotatable bonds is 4. The molecule has 0 saturated carbocycles. The standard InChI is InChI=1S/C10H10N2O3/c11-12-10(14)15-7-6-9(13)8-4-2-1-3-5-8/h1-5,11H,6-7H2. The van der Waals surface area contributed by atoms with Gasteiger partial charge in [-0.1, -0.05) is 35.4 Å². The minimum atomic E-state index is -0.976. The molecule has 1 amide bonds. The molecule has 1 aromatic rings. The topological polar surface area (TPSA) is 79.6 Å². The zero-order chi connectivity index (χ0) is 11.1. The van der Waals surface area contributed by atoms with Crippen LogP contribution in [0.5, 0.6) is 0 Å². The van der Waals surface area contributed by atoms with E-state index in [9.17, 15) is 9.59 Å². The van der Waals surface area contributed by atoms with Crippen molar-refractivity contribution in [1.82, 2.24) is 0 Å². The van der Waals surface area contributed by atoms with E-state index in [4.69, 9.17) is 5.53 Å². The van der Waals surface area contributed by atoms with Gasteiger partial charge in [0.05, 0.1) is 0 Å². The first-order valence-electron chi connectivity index (χ1n) is 4.36. The van der Waals surface area contributed by atoms with Gasteiger partial charge in [-0.15, -0.1) is 0 Å². The summed E-state index contributed by atoms with van der Waals surface area (Å²) in [5.74, 6) is -0.103. The molecule has 1 aromatic carbocycles.